The Morgan fingerprint density at radius 1 is 1.03 bits per heavy atom. The number of benzene rings is 2. The van der Waals surface area contributed by atoms with Gasteiger partial charge in [-0.05, 0) is 77.7 Å². The number of nitrogens with zero attached hydrogens (tertiary/aromatic N) is 2. The molecule has 1 aliphatic rings. The van der Waals surface area contributed by atoms with E-state index in [9.17, 15) is 8.78 Å². The quantitative estimate of drug-likeness (QED) is 0.130. The number of hydrogen-bond donors (Lipinski definition) is 3. The highest BCUT2D eigenvalue weighted by molar-refractivity contribution is 7.97. The topological polar surface area (TPSA) is 71.1 Å². The van der Waals surface area contributed by atoms with E-state index < -0.39 is 5.85 Å². The Labute approximate surface area is 225 Å². The van der Waals surface area contributed by atoms with E-state index >= 15 is 0 Å². The molecule has 0 amide bonds. The molecular weight excluding hydrogens is 511 g/mol. The number of para-hydroxylation sites is 2. The molecule has 1 heterocycles. The van der Waals surface area contributed by atoms with Crippen molar-refractivity contribution in [2.24, 2.45) is 5.92 Å². The van der Waals surface area contributed by atoms with Crippen molar-refractivity contribution < 1.29 is 13.5 Å². The maximum atomic E-state index is 12.5. The van der Waals surface area contributed by atoms with Gasteiger partial charge in [0.2, 0.25) is 5.95 Å². The lowest BCUT2D eigenvalue weighted by atomic mass is 9.89. The van der Waals surface area contributed by atoms with Crippen molar-refractivity contribution in [1.82, 2.24) is 14.7 Å². The van der Waals surface area contributed by atoms with Crippen LogP contribution in [0.15, 0.2) is 53.4 Å². The van der Waals surface area contributed by atoms with Crippen LogP contribution in [-0.2, 0) is 0 Å². The third-order valence-electron chi connectivity index (χ3n) is 6.01. The van der Waals surface area contributed by atoms with Gasteiger partial charge in [0.1, 0.15) is 11.6 Å². The van der Waals surface area contributed by atoms with Gasteiger partial charge < -0.3 is 15.4 Å². The molecule has 1 aliphatic carbocycles. The number of anilines is 2. The van der Waals surface area contributed by atoms with Gasteiger partial charge in [0, 0.05) is 18.5 Å². The average molecular weight is 550 g/mol. The number of ether oxygens (including phenoxy) is 1. The Kier molecular flexibility index (Phi) is 12.1. The molecule has 3 N–H and O–H groups in total. The van der Waals surface area contributed by atoms with Crippen molar-refractivity contribution in [3.8, 4) is 5.75 Å². The molecule has 1 atom stereocenters. The van der Waals surface area contributed by atoms with E-state index in [0.29, 0.717) is 4.90 Å². The molecule has 0 aliphatic heterocycles. The van der Waals surface area contributed by atoms with Gasteiger partial charge in [-0.15, -0.1) is 0 Å². The SMILES string of the molecule is CCCCNc1nc(NCC2CCCCC2)nc2ccccc12.CNSc1ccccc1OC(F)(F)P. The van der Waals surface area contributed by atoms with Crippen LogP contribution in [0.25, 0.3) is 10.9 Å². The summed E-state index contributed by atoms with van der Waals surface area (Å²) in [5.74, 6) is -0.588. The summed E-state index contributed by atoms with van der Waals surface area (Å²) < 4.78 is 32.3. The number of unbranched alkanes of at least 4 members (excludes halogenated alkanes) is 1. The summed E-state index contributed by atoms with van der Waals surface area (Å²) in [7, 11) is 3.05. The molecule has 1 saturated carbocycles. The number of nitrogens with one attached hydrogen (secondary N) is 3. The average Bonchev–Trinajstić information content (AvgIpc) is 2.89. The van der Waals surface area contributed by atoms with Crippen LogP contribution in [0.2, 0.25) is 0 Å². The van der Waals surface area contributed by atoms with Gasteiger partial charge in [-0.3, -0.25) is 4.72 Å². The summed E-state index contributed by atoms with van der Waals surface area (Å²) in [6, 6.07) is 14.8. The first-order valence-electron chi connectivity index (χ1n) is 12.9. The summed E-state index contributed by atoms with van der Waals surface area (Å²) in [6.07, 6.45) is 9.15. The monoisotopic (exact) mass is 549 g/mol. The number of hydrogen-bond acceptors (Lipinski definition) is 7. The first kappa shape index (κ1) is 29.3. The molecule has 202 valence electrons. The molecule has 0 saturated heterocycles. The third-order valence-corrected chi connectivity index (χ3v) is 6.89. The molecule has 10 heteroatoms. The molecule has 1 fully saturated rings. The van der Waals surface area contributed by atoms with Gasteiger partial charge in [-0.1, -0.05) is 56.9 Å². The van der Waals surface area contributed by atoms with E-state index in [-0.39, 0.29) is 5.75 Å². The van der Waals surface area contributed by atoms with E-state index in [1.807, 2.05) is 12.1 Å². The standard InChI is InChI=1S/C19H28N4.C8H10F2NOPS/c1-2-3-13-20-18-16-11-7-8-12-17(16)22-19(23-18)21-14-15-9-5-4-6-10-15;1-11-14-7-5-3-2-4-6(7)12-8(9,10)13/h7-8,11-12,15H,2-6,9-10,13-14H2,1H3,(H2,20,21,22,23);2-5,11H,13H2,1H3. The van der Waals surface area contributed by atoms with Crippen LogP contribution in [0.3, 0.4) is 0 Å². The van der Waals surface area contributed by atoms with Crippen molar-refractivity contribution in [2.75, 3.05) is 30.8 Å². The van der Waals surface area contributed by atoms with Crippen LogP contribution in [0.5, 0.6) is 5.75 Å². The van der Waals surface area contributed by atoms with E-state index in [1.165, 1.54) is 65.8 Å². The van der Waals surface area contributed by atoms with Crippen LogP contribution in [0.4, 0.5) is 20.5 Å². The molecule has 4 rings (SSSR count). The fraction of sp³-hybridized carbons (Fsp3) is 0.481. The molecule has 2 aromatic carbocycles. The highest BCUT2D eigenvalue weighted by atomic mass is 32.2. The fourth-order valence-corrected chi connectivity index (χ4v) is 4.88. The van der Waals surface area contributed by atoms with Gasteiger partial charge in [0.15, 0.2) is 0 Å². The van der Waals surface area contributed by atoms with E-state index in [0.717, 1.165) is 48.1 Å². The van der Waals surface area contributed by atoms with Gasteiger partial charge in [-0.2, -0.15) is 13.8 Å². The normalized spacial score (nSPS) is 14.1. The number of alkyl halides is 2. The molecule has 0 spiro atoms. The van der Waals surface area contributed by atoms with Crippen molar-refractivity contribution in [2.45, 2.75) is 62.6 Å². The highest BCUT2D eigenvalue weighted by Crippen LogP contribution is 2.33. The second kappa shape index (κ2) is 15.3. The Balaban J connectivity index is 0.000000233. The number of fused-ring (bicyclic) bond motifs is 1. The first-order chi connectivity index (χ1) is 17.9. The zero-order valence-electron chi connectivity index (χ0n) is 21.6. The van der Waals surface area contributed by atoms with Crippen LogP contribution in [0, 0.1) is 5.92 Å². The summed E-state index contributed by atoms with van der Waals surface area (Å²) >= 11 is 1.22. The molecular formula is C27H38F2N5OPS. The molecule has 0 bridgehead atoms. The highest BCUT2D eigenvalue weighted by Gasteiger charge is 2.24. The largest absolute Gasteiger partial charge is 0.429 e. The Morgan fingerprint density at radius 3 is 2.49 bits per heavy atom. The Morgan fingerprint density at radius 2 is 1.76 bits per heavy atom. The minimum Gasteiger partial charge on any atom is -0.429 e. The van der Waals surface area contributed by atoms with Crippen LogP contribution < -0.4 is 20.1 Å². The summed E-state index contributed by atoms with van der Waals surface area (Å²) in [5, 5.41) is 8.05. The van der Waals surface area contributed by atoms with E-state index in [4.69, 9.17) is 4.98 Å². The van der Waals surface area contributed by atoms with E-state index in [1.54, 1.807) is 25.2 Å². The van der Waals surface area contributed by atoms with Gasteiger partial charge in [0.05, 0.1) is 10.4 Å². The number of rotatable bonds is 11. The van der Waals surface area contributed by atoms with Gasteiger partial charge >= 0.3 is 5.85 Å². The summed E-state index contributed by atoms with van der Waals surface area (Å²) in [4.78, 5) is 10.0. The lowest BCUT2D eigenvalue weighted by Crippen LogP contribution is -2.18. The summed E-state index contributed by atoms with van der Waals surface area (Å²) in [5.41, 5.74) is 1.01. The molecule has 3 aromatic rings. The molecule has 6 nitrogen and oxygen atoms in total. The zero-order chi connectivity index (χ0) is 26.5. The predicted octanol–water partition coefficient (Wildman–Crippen LogP) is 7.55. The minimum absolute atomic E-state index is 0.159. The molecule has 37 heavy (non-hydrogen) atoms. The Hall–Kier alpha value is -2.22. The van der Waals surface area contributed by atoms with Gasteiger partial charge in [-0.25, -0.2) is 4.98 Å². The third kappa shape index (κ3) is 10.2. The van der Waals surface area contributed by atoms with Gasteiger partial charge in [0.25, 0.3) is 0 Å². The number of aromatic nitrogens is 2. The lowest BCUT2D eigenvalue weighted by molar-refractivity contribution is -0.0908. The maximum absolute atomic E-state index is 12.5. The molecule has 0 radical (unpaired) electrons. The van der Waals surface area contributed by atoms with Crippen molar-refractivity contribution in [3.05, 3.63) is 48.5 Å². The van der Waals surface area contributed by atoms with Crippen molar-refractivity contribution in [1.29, 1.82) is 0 Å². The fourth-order valence-electron chi connectivity index (χ4n) is 4.18. The smallest absolute Gasteiger partial charge is 0.408 e. The molecule has 1 unspecified atom stereocenters. The van der Waals surface area contributed by atoms with Crippen LogP contribution in [-0.4, -0.2) is 36.0 Å². The number of halogens is 2. The molecule has 1 aromatic heterocycles. The van der Waals surface area contributed by atoms with Crippen molar-refractivity contribution in [3.63, 3.8) is 0 Å². The lowest BCUT2D eigenvalue weighted by Gasteiger charge is -2.22. The van der Waals surface area contributed by atoms with E-state index in [2.05, 4.69) is 44.1 Å². The minimum atomic E-state index is -3.23. The van der Waals surface area contributed by atoms with Crippen LogP contribution >= 0.6 is 21.2 Å². The second-order valence-electron chi connectivity index (χ2n) is 9.00. The predicted molar refractivity (Wildman–Crippen MR) is 155 cm³/mol. The maximum Gasteiger partial charge on any atom is 0.408 e. The van der Waals surface area contributed by atoms with Crippen molar-refractivity contribution >= 4 is 43.9 Å². The summed E-state index contributed by atoms with van der Waals surface area (Å²) in [6.45, 7) is 4.16. The second-order valence-corrected chi connectivity index (χ2v) is 10.7. The Bertz CT molecular complexity index is 1100. The van der Waals surface area contributed by atoms with Crippen LogP contribution in [0.1, 0.15) is 51.9 Å². The first-order valence-corrected chi connectivity index (χ1v) is 14.3. The zero-order valence-corrected chi connectivity index (χ0v) is 23.6.